The van der Waals surface area contributed by atoms with Crippen LogP contribution in [0.2, 0.25) is 0 Å². The Kier molecular flexibility index (Phi) is 4.98. The van der Waals surface area contributed by atoms with Crippen molar-refractivity contribution in [3.05, 3.63) is 18.0 Å². The molecular weight excluding hydrogens is 204 g/mol. The summed E-state index contributed by atoms with van der Waals surface area (Å²) in [7, 11) is 1.77. The molecule has 1 aromatic heterocycles. The maximum Gasteiger partial charge on any atom is 0.239 e. The van der Waals surface area contributed by atoms with Crippen LogP contribution in [0.5, 0.6) is 0 Å². The molecule has 0 saturated heterocycles. The Labute approximate surface area is 96.0 Å². The highest BCUT2D eigenvalue weighted by atomic mass is 16.2. The monoisotopic (exact) mass is 224 g/mol. The fourth-order valence-corrected chi connectivity index (χ4v) is 1.55. The van der Waals surface area contributed by atoms with Gasteiger partial charge in [0.1, 0.15) is 0 Å². The molecule has 0 bridgehead atoms. The van der Waals surface area contributed by atoms with E-state index >= 15 is 0 Å². The van der Waals surface area contributed by atoms with Crippen molar-refractivity contribution >= 4 is 5.91 Å². The molecule has 5 heteroatoms. The fraction of sp³-hybridized carbons (Fsp3) is 0.636. The summed E-state index contributed by atoms with van der Waals surface area (Å²) < 4.78 is 0. The second kappa shape index (κ2) is 6.27. The number of aromatic amines is 1. The van der Waals surface area contributed by atoms with Gasteiger partial charge in [0.2, 0.25) is 5.91 Å². The maximum absolute atomic E-state index is 11.8. The molecule has 1 rings (SSSR count). The summed E-state index contributed by atoms with van der Waals surface area (Å²) in [5, 5.41) is 6.55. The van der Waals surface area contributed by atoms with E-state index in [1.54, 1.807) is 24.3 Å². The number of likely N-dealkylation sites (N-methyl/N-ethyl adjacent to an activating group) is 1. The number of nitrogens with two attached hydrogens (primary N) is 1. The first-order valence-corrected chi connectivity index (χ1v) is 5.63. The van der Waals surface area contributed by atoms with Gasteiger partial charge in [0.25, 0.3) is 0 Å². The smallest absolute Gasteiger partial charge is 0.239 e. The van der Waals surface area contributed by atoms with Gasteiger partial charge in [-0.05, 0) is 6.42 Å². The number of aromatic nitrogens is 2. The molecule has 1 atom stereocenters. The summed E-state index contributed by atoms with van der Waals surface area (Å²) >= 11 is 0. The lowest BCUT2D eigenvalue weighted by Gasteiger charge is -2.20. The van der Waals surface area contributed by atoms with Crippen molar-refractivity contribution in [3.63, 3.8) is 0 Å². The Bertz CT molecular complexity index is 310. The number of nitrogens with one attached hydrogen (secondary N) is 1. The summed E-state index contributed by atoms with van der Waals surface area (Å²) in [5.41, 5.74) is 6.80. The Balaban J connectivity index is 2.41. The van der Waals surface area contributed by atoms with E-state index in [1.165, 1.54) is 0 Å². The number of carbonyl (C=O) groups is 1. The van der Waals surface area contributed by atoms with Crippen LogP contribution in [0.1, 0.15) is 31.7 Å². The molecule has 0 aliphatic rings. The van der Waals surface area contributed by atoms with E-state index in [9.17, 15) is 4.79 Å². The minimum Gasteiger partial charge on any atom is -0.340 e. The molecule has 1 unspecified atom stereocenters. The van der Waals surface area contributed by atoms with Crippen LogP contribution in [0.4, 0.5) is 0 Å². The molecule has 16 heavy (non-hydrogen) atoms. The lowest BCUT2D eigenvalue weighted by atomic mass is 10.1. The zero-order valence-corrected chi connectivity index (χ0v) is 9.94. The Morgan fingerprint density at radius 1 is 1.69 bits per heavy atom. The van der Waals surface area contributed by atoms with Gasteiger partial charge in [0.05, 0.1) is 12.2 Å². The van der Waals surface area contributed by atoms with Crippen molar-refractivity contribution in [1.82, 2.24) is 15.1 Å². The third kappa shape index (κ3) is 3.66. The van der Waals surface area contributed by atoms with Gasteiger partial charge in [-0.15, -0.1) is 0 Å². The van der Waals surface area contributed by atoms with Gasteiger partial charge in [-0.1, -0.05) is 19.8 Å². The first-order valence-electron chi connectivity index (χ1n) is 5.63. The minimum absolute atomic E-state index is 0.00495. The molecule has 0 aliphatic heterocycles. The van der Waals surface area contributed by atoms with Crippen LogP contribution in [0.3, 0.4) is 0 Å². The minimum atomic E-state index is -0.378. The van der Waals surface area contributed by atoms with E-state index in [2.05, 4.69) is 17.1 Å². The van der Waals surface area contributed by atoms with Crippen molar-refractivity contribution in [1.29, 1.82) is 0 Å². The average Bonchev–Trinajstić information content (AvgIpc) is 2.77. The van der Waals surface area contributed by atoms with Crippen molar-refractivity contribution in [2.24, 2.45) is 5.73 Å². The van der Waals surface area contributed by atoms with Gasteiger partial charge in [-0.2, -0.15) is 5.10 Å². The molecule has 0 spiro atoms. The largest absolute Gasteiger partial charge is 0.340 e. The van der Waals surface area contributed by atoms with Crippen LogP contribution in [0.15, 0.2) is 12.4 Å². The fourth-order valence-electron chi connectivity index (χ4n) is 1.55. The zero-order chi connectivity index (χ0) is 12.0. The first-order chi connectivity index (χ1) is 7.65. The molecule has 1 aromatic rings. The Hall–Kier alpha value is -1.36. The van der Waals surface area contributed by atoms with Crippen molar-refractivity contribution < 1.29 is 4.79 Å². The number of hydrogen-bond acceptors (Lipinski definition) is 3. The molecule has 1 amide bonds. The molecule has 3 N–H and O–H groups in total. The number of carbonyl (C=O) groups excluding carboxylic acids is 1. The van der Waals surface area contributed by atoms with Crippen molar-refractivity contribution in [3.8, 4) is 0 Å². The second-order valence-corrected chi connectivity index (χ2v) is 4.05. The van der Waals surface area contributed by atoms with E-state index in [0.29, 0.717) is 6.54 Å². The summed E-state index contributed by atoms with van der Waals surface area (Å²) in [6.45, 7) is 2.64. The average molecular weight is 224 g/mol. The SMILES string of the molecule is CCCCC(N)C(=O)N(C)Cc1cn[nH]c1. The highest BCUT2D eigenvalue weighted by molar-refractivity contribution is 5.81. The van der Waals surface area contributed by atoms with Crippen LogP contribution in [0.25, 0.3) is 0 Å². The number of H-pyrrole nitrogens is 1. The number of rotatable bonds is 6. The molecule has 0 saturated carbocycles. The normalized spacial score (nSPS) is 12.4. The molecule has 5 nitrogen and oxygen atoms in total. The van der Waals surface area contributed by atoms with E-state index in [-0.39, 0.29) is 11.9 Å². The highest BCUT2D eigenvalue weighted by Crippen LogP contribution is 2.05. The Morgan fingerprint density at radius 2 is 2.44 bits per heavy atom. The van der Waals surface area contributed by atoms with Gasteiger partial charge in [0, 0.05) is 25.4 Å². The predicted octanol–water partition coefficient (Wildman–Crippen LogP) is 0.886. The van der Waals surface area contributed by atoms with Crippen LogP contribution in [-0.4, -0.2) is 34.1 Å². The van der Waals surface area contributed by atoms with Gasteiger partial charge >= 0.3 is 0 Å². The molecule has 1 heterocycles. The first kappa shape index (κ1) is 12.7. The molecule has 0 radical (unpaired) electrons. The number of amides is 1. The highest BCUT2D eigenvalue weighted by Gasteiger charge is 2.17. The zero-order valence-electron chi connectivity index (χ0n) is 9.94. The molecule has 90 valence electrons. The van der Waals surface area contributed by atoms with Crippen LogP contribution < -0.4 is 5.73 Å². The Morgan fingerprint density at radius 3 is 3.00 bits per heavy atom. The molecule has 0 aliphatic carbocycles. The van der Waals surface area contributed by atoms with Crippen LogP contribution >= 0.6 is 0 Å². The predicted molar refractivity (Wildman–Crippen MR) is 62.6 cm³/mol. The summed E-state index contributed by atoms with van der Waals surface area (Å²) in [5.74, 6) is -0.00495. The summed E-state index contributed by atoms with van der Waals surface area (Å²) in [6, 6.07) is -0.378. The number of unbranched alkanes of at least 4 members (excludes halogenated alkanes) is 1. The third-order valence-electron chi connectivity index (χ3n) is 2.54. The van der Waals surface area contributed by atoms with E-state index < -0.39 is 0 Å². The van der Waals surface area contributed by atoms with Gasteiger partial charge < -0.3 is 10.6 Å². The van der Waals surface area contributed by atoms with Gasteiger partial charge in [0.15, 0.2) is 0 Å². The lowest BCUT2D eigenvalue weighted by molar-refractivity contribution is -0.132. The lowest BCUT2D eigenvalue weighted by Crippen LogP contribution is -2.41. The van der Waals surface area contributed by atoms with E-state index in [1.807, 2.05) is 0 Å². The quantitative estimate of drug-likeness (QED) is 0.753. The van der Waals surface area contributed by atoms with Gasteiger partial charge in [-0.3, -0.25) is 9.89 Å². The van der Waals surface area contributed by atoms with Crippen molar-refractivity contribution in [2.45, 2.75) is 38.8 Å². The molecular formula is C11H20N4O. The van der Waals surface area contributed by atoms with Gasteiger partial charge in [-0.25, -0.2) is 0 Å². The summed E-state index contributed by atoms with van der Waals surface area (Å²) in [6.07, 6.45) is 6.30. The topological polar surface area (TPSA) is 75.0 Å². The van der Waals surface area contributed by atoms with E-state index in [0.717, 1.165) is 24.8 Å². The molecule has 0 fully saturated rings. The van der Waals surface area contributed by atoms with Crippen molar-refractivity contribution in [2.75, 3.05) is 7.05 Å². The third-order valence-corrected chi connectivity index (χ3v) is 2.54. The maximum atomic E-state index is 11.8. The standard InChI is InChI=1S/C11H20N4O/c1-3-4-5-10(12)11(16)15(2)8-9-6-13-14-7-9/h6-7,10H,3-5,8,12H2,1-2H3,(H,13,14). The molecule has 0 aromatic carbocycles. The second-order valence-electron chi connectivity index (χ2n) is 4.05. The number of nitrogens with zero attached hydrogens (tertiary/aromatic N) is 2. The van der Waals surface area contributed by atoms with E-state index in [4.69, 9.17) is 5.73 Å². The van der Waals surface area contributed by atoms with Crippen LogP contribution in [0, 0.1) is 0 Å². The van der Waals surface area contributed by atoms with Crippen LogP contribution in [-0.2, 0) is 11.3 Å². The number of hydrogen-bond donors (Lipinski definition) is 2. The summed E-state index contributed by atoms with van der Waals surface area (Å²) in [4.78, 5) is 13.5.